The molecule has 0 aliphatic rings. The molecule has 0 unspecified atom stereocenters. The van der Waals surface area contributed by atoms with Crippen LogP contribution in [0.25, 0.3) is 0 Å². The first-order chi connectivity index (χ1) is 8.42. The summed E-state index contributed by atoms with van der Waals surface area (Å²) in [5.74, 6) is 0.587. The van der Waals surface area contributed by atoms with Crippen LogP contribution in [-0.2, 0) is 30.7 Å². The van der Waals surface area contributed by atoms with Crippen LogP contribution < -0.4 is 10.5 Å². The van der Waals surface area contributed by atoms with E-state index in [1.807, 2.05) is 0 Å². The van der Waals surface area contributed by atoms with E-state index in [1.165, 1.54) is 10.9 Å². The van der Waals surface area contributed by atoms with E-state index in [0.717, 1.165) is 0 Å². The lowest BCUT2D eigenvalue weighted by atomic mass is 10.6. The Morgan fingerprint density at radius 2 is 2.06 bits per heavy atom. The van der Waals surface area contributed by atoms with E-state index < -0.39 is 10.0 Å². The third-order valence-corrected chi connectivity index (χ3v) is 4.04. The van der Waals surface area contributed by atoms with Crippen LogP contribution >= 0.6 is 0 Å². The first-order valence-electron chi connectivity index (χ1n) is 5.14. The molecule has 8 nitrogen and oxygen atoms in total. The number of imidazole rings is 2. The summed E-state index contributed by atoms with van der Waals surface area (Å²) in [5, 5.41) is -0.0447. The highest BCUT2D eigenvalue weighted by Crippen LogP contribution is 2.15. The molecule has 0 saturated carbocycles. The molecule has 2 heterocycles. The van der Waals surface area contributed by atoms with Gasteiger partial charge in [-0.15, -0.1) is 0 Å². The Labute approximate surface area is 105 Å². The number of nitrogen functional groups attached to an aromatic ring is 1. The molecule has 98 valence electrons. The Balaban J connectivity index is 2.21. The van der Waals surface area contributed by atoms with Crippen molar-refractivity contribution < 1.29 is 8.42 Å². The average molecular weight is 270 g/mol. The molecule has 0 spiro atoms. The molecule has 18 heavy (non-hydrogen) atoms. The van der Waals surface area contributed by atoms with Gasteiger partial charge in [0.2, 0.25) is 0 Å². The molecule has 2 aromatic rings. The molecule has 2 aromatic heterocycles. The Morgan fingerprint density at radius 1 is 1.33 bits per heavy atom. The van der Waals surface area contributed by atoms with Crippen LogP contribution in [0.4, 0.5) is 5.82 Å². The van der Waals surface area contributed by atoms with Crippen LogP contribution in [0.5, 0.6) is 0 Å². The lowest BCUT2D eigenvalue weighted by molar-refractivity contribution is 0.568. The van der Waals surface area contributed by atoms with Crippen LogP contribution in [0.2, 0.25) is 0 Å². The Hall–Kier alpha value is -1.87. The van der Waals surface area contributed by atoms with Gasteiger partial charge in [0.05, 0.1) is 12.9 Å². The number of nitrogens with two attached hydrogens (primary N) is 1. The summed E-state index contributed by atoms with van der Waals surface area (Å²) >= 11 is 0. The summed E-state index contributed by atoms with van der Waals surface area (Å²) in [4.78, 5) is 7.77. The van der Waals surface area contributed by atoms with E-state index >= 15 is 0 Å². The molecule has 0 fully saturated rings. The molecule has 2 rings (SSSR count). The first-order valence-corrected chi connectivity index (χ1v) is 6.63. The second-order valence-electron chi connectivity index (χ2n) is 3.82. The highest BCUT2D eigenvalue weighted by Gasteiger charge is 2.22. The fourth-order valence-corrected chi connectivity index (χ4v) is 2.77. The molecule has 0 atom stereocenters. The van der Waals surface area contributed by atoms with Crippen LogP contribution in [-0.4, -0.2) is 27.5 Å². The second kappa shape index (κ2) is 4.42. The molecular weight excluding hydrogens is 256 g/mol. The minimum atomic E-state index is -3.70. The zero-order valence-corrected chi connectivity index (χ0v) is 10.8. The fourth-order valence-electron chi connectivity index (χ4n) is 1.56. The van der Waals surface area contributed by atoms with Gasteiger partial charge >= 0.3 is 0 Å². The standard InChI is InChI=1S/C9H14N6O2S/c1-14-4-3-11-7(14)5-13-18(16,17)9-8(10)12-6-15(9)2/h3-4,6,13H,5,10H2,1-2H3. The third-order valence-electron chi connectivity index (χ3n) is 2.51. The van der Waals surface area contributed by atoms with Gasteiger partial charge in [0.15, 0.2) is 10.8 Å². The number of nitrogens with zero attached hydrogens (tertiary/aromatic N) is 4. The van der Waals surface area contributed by atoms with Gasteiger partial charge in [-0.25, -0.2) is 23.1 Å². The van der Waals surface area contributed by atoms with Crippen molar-refractivity contribution in [3.8, 4) is 0 Å². The average Bonchev–Trinajstić information content (AvgIpc) is 2.83. The maximum absolute atomic E-state index is 12.1. The van der Waals surface area contributed by atoms with E-state index in [4.69, 9.17) is 5.73 Å². The number of rotatable bonds is 4. The Morgan fingerprint density at radius 3 is 2.56 bits per heavy atom. The molecule has 0 amide bonds. The van der Waals surface area contributed by atoms with Gasteiger partial charge in [0, 0.05) is 26.5 Å². The van der Waals surface area contributed by atoms with Crippen molar-refractivity contribution in [2.45, 2.75) is 11.6 Å². The maximum atomic E-state index is 12.1. The summed E-state index contributed by atoms with van der Waals surface area (Å²) in [7, 11) is -0.344. The molecule has 3 N–H and O–H groups in total. The van der Waals surface area contributed by atoms with Crippen LogP contribution in [0.1, 0.15) is 5.82 Å². The van der Waals surface area contributed by atoms with Crippen molar-refractivity contribution in [2.24, 2.45) is 14.1 Å². The molecular formula is C9H14N6O2S. The smallest absolute Gasteiger partial charge is 0.260 e. The van der Waals surface area contributed by atoms with E-state index in [1.54, 1.807) is 31.1 Å². The monoisotopic (exact) mass is 270 g/mol. The summed E-state index contributed by atoms with van der Waals surface area (Å²) in [6.45, 7) is 0.0937. The van der Waals surface area contributed by atoms with Crippen molar-refractivity contribution >= 4 is 15.8 Å². The van der Waals surface area contributed by atoms with E-state index in [9.17, 15) is 8.42 Å². The largest absolute Gasteiger partial charge is 0.381 e. The second-order valence-corrected chi connectivity index (χ2v) is 5.51. The normalized spacial score (nSPS) is 11.9. The molecule has 0 radical (unpaired) electrons. The minimum Gasteiger partial charge on any atom is -0.381 e. The van der Waals surface area contributed by atoms with Crippen molar-refractivity contribution in [1.82, 2.24) is 23.8 Å². The van der Waals surface area contributed by atoms with Crippen molar-refractivity contribution in [2.75, 3.05) is 5.73 Å². The summed E-state index contributed by atoms with van der Waals surface area (Å²) in [5.41, 5.74) is 5.53. The first kappa shape index (κ1) is 12.6. The summed E-state index contributed by atoms with van der Waals surface area (Å²) < 4.78 is 29.6. The Bertz CT molecular complexity index is 637. The Kier molecular flexibility index (Phi) is 3.09. The topological polar surface area (TPSA) is 108 Å². The number of aromatic nitrogens is 4. The number of sulfonamides is 1. The van der Waals surface area contributed by atoms with Gasteiger partial charge in [-0.05, 0) is 0 Å². The summed E-state index contributed by atoms with van der Waals surface area (Å²) in [6, 6.07) is 0. The number of anilines is 1. The molecule has 0 saturated heterocycles. The van der Waals surface area contributed by atoms with Gasteiger partial charge in [-0.3, -0.25) is 0 Å². The fraction of sp³-hybridized carbons (Fsp3) is 0.333. The van der Waals surface area contributed by atoms with Crippen molar-refractivity contribution in [3.63, 3.8) is 0 Å². The molecule has 0 bridgehead atoms. The predicted octanol–water partition coefficient (Wildman–Crippen LogP) is -0.786. The maximum Gasteiger partial charge on any atom is 0.260 e. The number of hydrogen-bond donors (Lipinski definition) is 2. The van der Waals surface area contributed by atoms with Crippen molar-refractivity contribution in [1.29, 1.82) is 0 Å². The summed E-state index contributed by atoms with van der Waals surface area (Å²) in [6.07, 6.45) is 4.69. The molecule has 9 heteroatoms. The van der Waals surface area contributed by atoms with Crippen molar-refractivity contribution in [3.05, 3.63) is 24.5 Å². The zero-order chi connectivity index (χ0) is 13.3. The van der Waals surface area contributed by atoms with E-state index in [0.29, 0.717) is 5.82 Å². The highest BCUT2D eigenvalue weighted by atomic mass is 32.2. The third kappa shape index (κ3) is 2.22. The molecule has 0 aliphatic carbocycles. The van der Waals surface area contributed by atoms with Gasteiger partial charge in [-0.1, -0.05) is 0 Å². The van der Waals surface area contributed by atoms with Crippen LogP contribution in [0, 0.1) is 0 Å². The lowest BCUT2D eigenvalue weighted by Gasteiger charge is -2.07. The predicted molar refractivity (Wildman–Crippen MR) is 64.9 cm³/mol. The quantitative estimate of drug-likeness (QED) is 0.757. The molecule has 0 aromatic carbocycles. The minimum absolute atomic E-state index is 0.0233. The number of aryl methyl sites for hydroxylation is 2. The van der Waals surface area contributed by atoms with E-state index in [2.05, 4.69) is 14.7 Å². The zero-order valence-electron chi connectivity index (χ0n) is 10.0. The van der Waals surface area contributed by atoms with Gasteiger partial charge in [-0.2, -0.15) is 0 Å². The highest BCUT2D eigenvalue weighted by molar-refractivity contribution is 7.89. The van der Waals surface area contributed by atoms with Gasteiger partial charge < -0.3 is 14.9 Å². The lowest BCUT2D eigenvalue weighted by Crippen LogP contribution is -2.27. The SMILES string of the molecule is Cn1ccnc1CNS(=O)(=O)c1c(N)ncn1C. The van der Waals surface area contributed by atoms with Crippen LogP contribution in [0.3, 0.4) is 0 Å². The van der Waals surface area contributed by atoms with Crippen LogP contribution in [0.15, 0.2) is 23.7 Å². The van der Waals surface area contributed by atoms with Gasteiger partial charge in [0.1, 0.15) is 5.82 Å². The van der Waals surface area contributed by atoms with Gasteiger partial charge in [0.25, 0.3) is 10.0 Å². The molecule has 0 aliphatic heterocycles. The number of hydrogen-bond acceptors (Lipinski definition) is 5. The number of nitrogens with one attached hydrogen (secondary N) is 1. The van der Waals surface area contributed by atoms with E-state index in [-0.39, 0.29) is 17.4 Å².